The monoisotopic (exact) mass is 477 g/mol. The quantitative estimate of drug-likeness (QED) is 0.416. The lowest BCUT2D eigenvalue weighted by Crippen LogP contribution is -2.12. The zero-order valence-electron chi connectivity index (χ0n) is 14.1. The number of carbonyl (C=O) groups excluding carboxylic acids is 1. The molecule has 2 heterocycles. The maximum absolute atomic E-state index is 12.7. The average Bonchev–Trinajstić information content (AvgIpc) is 2.64. The molecule has 0 aliphatic carbocycles. The molecule has 0 saturated carbocycles. The number of pyridine rings is 2. The molecule has 11 heteroatoms. The fraction of sp³-hybridized carbons (Fsp3) is 0.0556. The minimum Gasteiger partial charge on any atom is -0.322 e. The third-order valence-electron chi connectivity index (χ3n) is 3.53. The van der Waals surface area contributed by atoms with Crippen molar-refractivity contribution < 1.29 is 18.0 Å². The number of nitrogens with one attached hydrogen (secondary N) is 1. The normalized spacial score (nSPS) is 11.4. The van der Waals surface area contributed by atoms with Crippen LogP contribution < -0.4 is 5.32 Å². The molecule has 0 spiro atoms. The van der Waals surface area contributed by atoms with Gasteiger partial charge >= 0.3 is 6.18 Å². The third-order valence-corrected chi connectivity index (χ3v) is 5.47. The maximum atomic E-state index is 12.7. The molecule has 4 nitrogen and oxygen atoms in total. The van der Waals surface area contributed by atoms with Crippen LogP contribution >= 0.6 is 46.6 Å². The Balaban J connectivity index is 1.70. The van der Waals surface area contributed by atoms with Crippen LogP contribution in [0.5, 0.6) is 0 Å². The molecule has 150 valence electrons. The first kappa shape index (κ1) is 21.7. The number of aromatic nitrogens is 2. The van der Waals surface area contributed by atoms with E-state index in [0.29, 0.717) is 10.6 Å². The van der Waals surface area contributed by atoms with Crippen LogP contribution in [0, 0.1) is 0 Å². The van der Waals surface area contributed by atoms with Crippen LogP contribution in [0.2, 0.25) is 15.2 Å². The van der Waals surface area contributed by atoms with Crippen LogP contribution in [-0.4, -0.2) is 15.9 Å². The zero-order valence-corrected chi connectivity index (χ0v) is 17.2. The summed E-state index contributed by atoms with van der Waals surface area (Å²) >= 11 is 18.7. The fourth-order valence-electron chi connectivity index (χ4n) is 2.15. The van der Waals surface area contributed by atoms with Gasteiger partial charge in [-0.2, -0.15) is 13.2 Å². The van der Waals surface area contributed by atoms with Gasteiger partial charge in [-0.25, -0.2) is 9.97 Å². The van der Waals surface area contributed by atoms with Crippen LogP contribution in [-0.2, 0) is 6.18 Å². The molecule has 0 unspecified atom stereocenters. The van der Waals surface area contributed by atoms with Gasteiger partial charge in [0.05, 0.1) is 21.2 Å². The van der Waals surface area contributed by atoms with E-state index in [1.165, 1.54) is 12.3 Å². The van der Waals surface area contributed by atoms with Gasteiger partial charge in [0, 0.05) is 23.0 Å². The Hall–Kier alpha value is -2.00. The van der Waals surface area contributed by atoms with E-state index in [1.54, 1.807) is 24.3 Å². The Labute approximate surface area is 182 Å². The smallest absolute Gasteiger partial charge is 0.322 e. The Morgan fingerprint density at radius 2 is 1.66 bits per heavy atom. The highest BCUT2D eigenvalue weighted by atomic mass is 35.5. The van der Waals surface area contributed by atoms with Gasteiger partial charge in [0.25, 0.3) is 5.91 Å². The van der Waals surface area contributed by atoms with E-state index in [1.807, 2.05) is 0 Å². The second-order valence-corrected chi connectivity index (χ2v) is 7.84. The lowest BCUT2D eigenvalue weighted by atomic mass is 10.2. The van der Waals surface area contributed by atoms with Crippen molar-refractivity contribution in [3.05, 3.63) is 75.1 Å². The lowest BCUT2D eigenvalue weighted by Gasteiger charge is -2.10. The van der Waals surface area contributed by atoms with Gasteiger partial charge in [0.2, 0.25) is 0 Å². The molecule has 0 saturated heterocycles. The van der Waals surface area contributed by atoms with Crippen molar-refractivity contribution in [3.8, 4) is 0 Å². The van der Waals surface area contributed by atoms with Gasteiger partial charge in [0.15, 0.2) is 0 Å². The number of hydrogen-bond acceptors (Lipinski definition) is 4. The Morgan fingerprint density at radius 3 is 2.24 bits per heavy atom. The summed E-state index contributed by atoms with van der Waals surface area (Å²) in [6.07, 6.45) is -2.52. The van der Waals surface area contributed by atoms with Crippen LogP contribution in [0.4, 0.5) is 18.9 Å². The minimum atomic E-state index is -4.51. The Bertz CT molecular complexity index is 1060. The number of amides is 1. The Kier molecular flexibility index (Phi) is 6.58. The summed E-state index contributed by atoms with van der Waals surface area (Å²) in [6, 6.07) is 8.76. The number of alkyl halides is 3. The van der Waals surface area contributed by atoms with Crippen molar-refractivity contribution in [3.63, 3.8) is 0 Å². The zero-order chi connectivity index (χ0) is 21.2. The minimum absolute atomic E-state index is 0.105. The molecule has 0 fully saturated rings. The van der Waals surface area contributed by atoms with Gasteiger partial charge in [-0.05, 0) is 36.4 Å². The number of rotatable bonds is 4. The largest absolute Gasteiger partial charge is 0.417 e. The fourth-order valence-corrected chi connectivity index (χ4v) is 3.64. The van der Waals surface area contributed by atoms with E-state index in [4.69, 9.17) is 34.8 Å². The molecule has 0 atom stereocenters. The summed E-state index contributed by atoms with van der Waals surface area (Å²) in [4.78, 5) is 20.5. The average molecular weight is 479 g/mol. The molecular formula is C18H9Cl3F3N3OS. The summed E-state index contributed by atoms with van der Waals surface area (Å²) in [5.41, 5.74) is -0.271. The van der Waals surface area contributed by atoms with Crippen LogP contribution in [0.3, 0.4) is 0 Å². The van der Waals surface area contributed by atoms with Gasteiger partial charge in [-0.15, -0.1) is 0 Å². The molecule has 29 heavy (non-hydrogen) atoms. The van der Waals surface area contributed by atoms with E-state index < -0.39 is 17.6 Å². The second kappa shape index (κ2) is 8.79. The number of nitrogens with zero attached hydrogens (tertiary/aromatic N) is 2. The van der Waals surface area contributed by atoms with Crippen LogP contribution in [0.15, 0.2) is 58.7 Å². The predicted molar refractivity (Wildman–Crippen MR) is 107 cm³/mol. The standard InChI is InChI=1S/C18H9Cl3F3N3OS/c19-13-6-15(21)25-8-12(13)16(28)27-10-1-3-11(4-2-10)29-17-14(20)5-9(7-26-17)18(22,23)24/h1-8H,(H,27,28). The van der Waals surface area contributed by atoms with E-state index >= 15 is 0 Å². The molecule has 1 N–H and O–H groups in total. The molecule has 0 aliphatic heterocycles. The van der Waals surface area contributed by atoms with Crippen molar-refractivity contribution >= 4 is 58.2 Å². The van der Waals surface area contributed by atoms with E-state index in [0.717, 1.165) is 24.0 Å². The summed E-state index contributed by atoms with van der Waals surface area (Å²) < 4.78 is 38.1. The molecule has 0 aliphatic rings. The first-order valence-corrected chi connectivity index (χ1v) is 9.71. The molecule has 3 rings (SSSR count). The summed E-state index contributed by atoms with van der Waals surface area (Å²) in [7, 11) is 0. The number of halogens is 6. The SMILES string of the molecule is O=C(Nc1ccc(Sc2ncc(C(F)(F)F)cc2Cl)cc1)c1cnc(Cl)cc1Cl. The lowest BCUT2D eigenvalue weighted by molar-refractivity contribution is -0.137. The van der Waals surface area contributed by atoms with Gasteiger partial charge in [0.1, 0.15) is 10.2 Å². The van der Waals surface area contributed by atoms with E-state index in [2.05, 4.69) is 15.3 Å². The number of benzene rings is 1. The number of hydrogen-bond donors (Lipinski definition) is 1. The molecule has 0 radical (unpaired) electrons. The predicted octanol–water partition coefficient (Wildman–Crippen LogP) is 6.86. The Morgan fingerprint density at radius 1 is 0.966 bits per heavy atom. The highest BCUT2D eigenvalue weighted by Gasteiger charge is 2.31. The number of carbonyl (C=O) groups is 1. The highest BCUT2D eigenvalue weighted by Crippen LogP contribution is 2.36. The van der Waals surface area contributed by atoms with Crippen molar-refractivity contribution in [1.82, 2.24) is 9.97 Å². The van der Waals surface area contributed by atoms with Crippen molar-refractivity contribution in [1.29, 1.82) is 0 Å². The second-order valence-electron chi connectivity index (χ2n) is 5.58. The van der Waals surface area contributed by atoms with Crippen LogP contribution in [0.1, 0.15) is 15.9 Å². The summed E-state index contributed by atoms with van der Waals surface area (Å²) in [5.74, 6) is -0.466. The van der Waals surface area contributed by atoms with Gasteiger partial charge in [-0.3, -0.25) is 4.79 Å². The molecule has 1 amide bonds. The van der Waals surface area contributed by atoms with Crippen molar-refractivity contribution in [2.45, 2.75) is 16.1 Å². The van der Waals surface area contributed by atoms with Gasteiger partial charge in [-0.1, -0.05) is 46.6 Å². The van der Waals surface area contributed by atoms with Crippen LogP contribution in [0.25, 0.3) is 0 Å². The maximum Gasteiger partial charge on any atom is 0.417 e. The van der Waals surface area contributed by atoms with E-state index in [9.17, 15) is 18.0 Å². The van der Waals surface area contributed by atoms with Crippen molar-refractivity contribution in [2.75, 3.05) is 5.32 Å². The molecule has 1 aromatic carbocycles. The number of anilines is 1. The van der Waals surface area contributed by atoms with E-state index in [-0.39, 0.29) is 25.8 Å². The summed E-state index contributed by atoms with van der Waals surface area (Å²) in [5, 5.41) is 3.12. The van der Waals surface area contributed by atoms with Gasteiger partial charge < -0.3 is 5.32 Å². The molecule has 2 aromatic heterocycles. The topological polar surface area (TPSA) is 54.9 Å². The summed E-state index contributed by atoms with van der Waals surface area (Å²) in [6.45, 7) is 0. The first-order chi connectivity index (χ1) is 13.6. The molecular weight excluding hydrogens is 470 g/mol. The highest BCUT2D eigenvalue weighted by molar-refractivity contribution is 7.99. The molecule has 3 aromatic rings. The van der Waals surface area contributed by atoms with Crippen molar-refractivity contribution in [2.24, 2.45) is 0 Å². The first-order valence-electron chi connectivity index (χ1n) is 7.76. The third kappa shape index (κ3) is 5.54. The molecule has 0 bridgehead atoms.